The van der Waals surface area contributed by atoms with Crippen LogP contribution in [0.5, 0.6) is 0 Å². The van der Waals surface area contributed by atoms with Crippen LogP contribution in [0.2, 0.25) is 10.0 Å². The van der Waals surface area contributed by atoms with Gasteiger partial charge in [0.25, 0.3) is 0 Å². The van der Waals surface area contributed by atoms with Gasteiger partial charge in [-0.3, -0.25) is 0 Å². The number of rotatable bonds is 4. The highest BCUT2D eigenvalue weighted by molar-refractivity contribution is 7.89. The lowest BCUT2D eigenvalue weighted by Crippen LogP contribution is -2.30. The summed E-state index contributed by atoms with van der Waals surface area (Å²) in [4.78, 5) is -0.000861. The lowest BCUT2D eigenvalue weighted by molar-refractivity contribution is 0.115. The van der Waals surface area contributed by atoms with E-state index in [0.29, 0.717) is 30.1 Å². The van der Waals surface area contributed by atoms with Crippen LogP contribution in [0.4, 0.5) is 0 Å². The maximum atomic E-state index is 12.6. The first kappa shape index (κ1) is 16.3. The van der Waals surface area contributed by atoms with Crippen molar-refractivity contribution >= 4 is 44.8 Å². The van der Waals surface area contributed by atoms with Gasteiger partial charge < -0.3 is 4.74 Å². The third-order valence-corrected chi connectivity index (χ3v) is 6.24. The molecule has 0 N–H and O–H groups in total. The van der Waals surface area contributed by atoms with E-state index in [2.05, 4.69) is 0 Å². The second-order valence-corrected chi connectivity index (χ2v) is 7.51. The molecule has 0 spiro atoms. The Balaban J connectivity index is 2.42. The van der Waals surface area contributed by atoms with Crippen LogP contribution in [-0.4, -0.2) is 39.0 Å². The summed E-state index contributed by atoms with van der Waals surface area (Å²) < 4.78 is 31.8. The summed E-state index contributed by atoms with van der Waals surface area (Å²) in [5, 5.41) is 0.427. The Morgan fingerprint density at radius 2 is 2.10 bits per heavy atom. The zero-order valence-corrected chi connectivity index (χ0v) is 13.9. The van der Waals surface area contributed by atoms with E-state index in [1.807, 2.05) is 0 Å². The molecule has 0 radical (unpaired) electrons. The molecule has 1 fully saturated rings. The van der Waals surface area contributed by atoms with Crippen molar-refractivity contribution in [1.82, 2.24) is 4.31 Å². The second-order valence-electron chi connectivity index (χ2n) is 4.52. The van der Waals surface area contributed by atoms with Crippen molar-refractivity contribution < 1.29 is 13.2 Å². The van der Waals surface area contributed by atoms with E-state index in [9.17, 15) is 8.42 Å². The summed E-state index contributed by atoms with van der Waals surface area (Å²) in [7, 11) is -2.12. The van der Waals surface area contributed by atoms with Gasteiger partial charge in [0, 0.05) is 31.1 Å². The maximum Gasteiger partial charge on any atom is 0.244 e. The maximum absolute atomic E-state index is 12.6. The molecule has 0 aliphatic carbocycles. The van der Waals surface area contributed by atoms with Crippen molar-refractivity contribution in [2.24, 2.45) is 0 Å². The van der Waals surface area contributed by atoms with E-state index >= 15 is 0 Å². The molecule has 1 aliphatic heterocycles. The van der Waals surface area contributed by atoms with E-state index in [-0.39, 0.29) is 21.9 Å². The molecule has 1 aromatic carbocycles. The topological polar surface area (TPSA) is 46.6 Å². The predicted molar refractivity (Wildman–Crippen MR) is 80.2 cm³/mol. The number of hydrogen-bond acceptors (Lipinski definition) is 3. The Kier molecular flexibility index (Phi) is 5.21. The first-order valence-corrected chi connectivity index (χ1v) is 8.70. The number of methoxy groups -OCH3 is 1. The van der Waals surface area contributed by atoms with Crippen LogP contribution in [-0.2, 0) is 20.6 Å². The summed E-state index contributed by atoms with van der Waals surface area (Å²) >= 11 is 17.8. The molecule has 0 amide bonds. The van der Waals surface area contributed by atoms with Gasteiger partial charge in [-0.15, -0.1) is 11.6 Å². The average molecular weight is 359 g/mol. The monoisotopic (exact) mass is 357 g/mol. The van der Waals surface area contributed by atoms with Gasteiger partial charge >= 0.3 is 0 Å². The molecule has 1 atom stereocenters. The highest BCUT2D eigenvalue weighted by Crippen LogP contribution is 2.33. The SMILES string of the molecule is COC1CCN(S(=O)(=O)c2cc(Cl)cc(CCl)c2Cl)C1. The number of halogens is 3. The van der Waals surface area contributed by atoms with Crippen LogP contribution in [0.25, 0.3) is 0 Å². The van der Waals surface area contributed by atoms with Gasteiger partial charge in [-0.1, -0.05) is 23.2 Å². The first-order valence-electron chi connectivity index (χ1n) is 5.97. The molecular formula is C12H14Cl3NO3S. The molecule has 4 nitrogen and oxygen atoms in total. The smallest absolute Gasteiger partial charge is 0.244 e. The predicted octanol–water partition coefficient (Wildman–Crippen LogP) is 3.14. The van der Waals surface area contributed by atoms with Crippen molar-refractivity contribution in [1.29, 1.82) is 0 Å². The third-order valence-electron chi connectivity index (χ3n) is 3.28. The Bertz CT molecular complexity index is 606. The highest BCUT2D eigenvalue weighted by Gasteiger charge is 2.34. The van der Waals surface area contributed by atoms with E-state index in [0.717, 1.165) is 0 Å². The van der Waals surface area contributed by atoms with Crippen molar-refractivity contribution in [3.63, 3.8) is 0 Å². The number of nitrogens with zero attached hydrogens (tertiary/aromatic N) is 1. The lowest BCUT2D eigenvalue weighted by Gasteiger charge is -2.18. The largest absolute Gasteiger partial charge is 0.380 e. The van der Waals surface area contributed by atoms with Gasteiger partial charge in [0.05, 0.1) is 11.1 Å². The summed E-state index contributed by atoms with van der Waals surface area (Å²) in [5.74, 6) is 0.0998. The Morgan fingerprint density at radius 3 is 2.65 bits per heavy atom. The minimum Gasteiger partial charge on any atom is -0.380 e. The normalized spacial score (nSPS) is 20.5. The summed E-state index contributed by atoms with van der Waals surface area (Å²) in [6.07, 6.45) is 0.575. The van der Waals surface area contributed by atoms with E-state index < -0.39 is 10.0 Å². The fourth-order valence-electron chi connectivity index (χ4n) is 2.15. The summed E-state index contributed by atoms with van der Waals surface area (Å²) in [6.45, 7) is 0.720. The van der Waals surface area contributed by atoms with E-state index in [1.165, 1.54) is 10.4 Å². The summed E-state index contributed by atoms with van der Waals surface area (Å²) in [6, 6.07) is 2.92. The number of alkyl halides is 1. The van der Waals surface area contributed by atoms with Crippen LogP contribution >= 0.6 is 34.8 Å². The number of hydrogen-bond donors (Lipinski definition) is 0. The van der Waals surface area contributed by atoms with Crippen molar-refractivity contribution in [3.8, 4) is 0 Å². The van der Waals surface area contributed by atoms with Crippen molar-refractivity contribution in [2.75, 3.05) is 20.2 Å². The van der Waals surface area contributed by atoms with Crippen LogP contribution in [0, 0.1) is 0 Å². The fourth-order valence-corrected chi connectivity index (χ4v) is 4.82. The van der Waals surface area contributed by atoms with Gasteiger partial charge in [0.1, 0.15) is 4.90 Å². The Hall–Kier alpha value is -0.0400. The minimum absolute atomic E-state index is 0.000861. The molecule has 112 valence electrons. The molecule has 1 saturated heterocycles. The Morgan fingerprint density at radius 1 is 1.40 bits per heavy atom. The van der Waals surface area contributed by atoms with Crippen molar-refractivity contribution in [3.05, 3.63) is 27.7 Å². The molecule has 1 heterocycles. The molecule has 1 aliphatic rings. The number of sulfonamides is 1. The molecule has 1 unspecified atom stereocenters. The fraction of sp³-hybridized carbons (Fsp3) is 0.500. The van der Waals surface area contributed by atoms with Crippen LogP contribution < -0.4 is 0 Å². The van der Waals surface area contributed by atoms with Crippen LogP contribution in [0.1, 0.15) is 12.0 Å². The quantitative estimate of drug-likeness (QED) is 0.777. The van der Waals surface area contributed by atoms with Gasteiger partial charge in [0.2, 0.25) is 10.0 Å². The highest BCUT2D eigenvalue weighted by atomic mass is 35.5. The van der Waals surface area contributed by atoms with Crippen LogP contribution in [0.15, 0.2) is 17.0 Å². The Labute approximate surface area is 133 Å². The van der Waals surface area contributed by atoms with Gasteiger partial charge in [-0.25, -0.2) is 8.42 Å². The standard InChI is InChI=1S/C12H14Cl3NO3S/c1-19-10-2-3-16(7-10)20(17,18)11-5-9(14)4-8(6-13)12(11)15/h4-5,10H,2-3,6-7H2,1H3. The molecule has 0 saturated carbocycles. The average Bonchev–Trinajstić information content (AvgIpc) is 2.90. The molecule has 2 rings (SSSR count). The first-order chi connectivity index (χ1) is 9.40. The minimum atomic E-state index is -3.69. The second kappa shape index (κ2) is 6.38. The molecule has 8 heteroatoms. The van der Waals surface area contributed by atoms with Gasteiger partial charge in [-0.05, 0) is 24.1 Å². The zero-order chi connectivity index (χ0) is 14.9. The molecular weight excluding hydrogens is 345 g/mol. The molecule has 0 aromatic heterocycles. The molecule has 1 aromatic rings. The zero-order valence-electron chi connectivity index (χ0n) is 10.8. The van der Waals surface area contributed by atoms with Crippen LogP contribution in [0.3, 0.4) is 0 Å². The number of ether oxygens (including phenoxy) is 1. The molecule has 0 bridgehead atoms. The van der Waals surface area contributed by atoms with E-state index in [1.54, 1.807) is 13.2 Å². The van der Waals surface area contributed by atoms with Gasteiger partial charge in [-0.2, -0.15) is 4.31 Å². The van der Waals surface area contributed by atoms with Crippen molar-refractivity contribution in [2.45, 2.75) is 23.3 Å². The third kappa shape index (κ3) is 3.08. The molecule has 20 heavy (non-hydrogen) atoms. The summed E-state index contributed by atoms with van der Waals surface area (Å²) in [5.41, 5.74) is 0.502. The number of benzene rings is 1. The van der Waals surface area contributed by atoms with Gasteiger partial charge in [0.15, 0.2) is 0 Å². The lowest BCUT2D eigenvalue weighted by atomic mass is 10.2. The van der Waals surface area contributed by atoms with E-state index in [4.69, 9.17) is 39.5 Å².